The molecule has 0 spiro atoms. The van der Waals surface area contributed by atoms with E-state index in [1.54, 1.807) is 12.1 Å². The Morgan fingerprint density at radius 2 is 1.62 bits per heavy atom. The molecule has 0 saturated carbocycles. The van der Waals surface area contributed by atoms with E-state index in [-0.39, 0.29) is 12.1 Å². The van der Waals surface area contributed by atoms with Crippen LogP contribution in [0.4, 0.5) is 0 Å². The van der Waals surface area contributed by atoms with E-state index in [0.717, 1.165) is 16.5 Å². The minimum absolute atomic E-state index is 0.0892. The Balaban J connectivity index is 1.47. The van der Waals surface area contributed by atoms with Gasteiger partial charge in [0.25, 0.3) is 11.5 Å². The van der Waals surface area contributed by atoms with E-state index in [2.05, 4.69) is 10.3 Å². The van der Waals surface area contributed by atoms with E-state index < -0.39 is 11.5 Å². The lowest BCUT2D eigenvalue weighted by Crippen LogP contribution is -2.29. The maximum atomic E-state index is 12.6. The third-order valence-electron chi connectivity index (χ3n) is 4.65. The number of para-hydroxylation sites is 2. The van der Waals surface area contributed by atoms with Crippen LogP contribution in [0.1, 0.15) is 21.5 Å². The van der Waals surface area contributed by atoms with E-state index in [1.165, 1.54) is 0 Å². The molecule has 0 saturated heterocycles. The predicted molar refractivity (Wildman–Crippen MR) is 113 cm³/mol. The highest BCUT2D eigenvalue weighted by molar-refractivity contribution is 5.97. The standard InChI is InChI=1S/C24H20N2O3/c27-23(20-14-18-10-4-6-12-21(18)26-24(20)28)25-15-19-11-5-7-13-22(19)29-16-17-8-2-1-3-9-17/h1-14H,15-16H2,(H,25,27)(H,26,28). The maximum Gasteiger partial charge on any atom is 0.261 e. The average molecular weight is 384 g/mol. The van der Waals surface area contributed by atoms with Gasteiger partial charge in [0.1, 0.15) is 17.9 Å². The van der Waals surface area contributed by atoms with Gasteiger partial charge in [-0.1, -0.05) is 66.7 Å². The molecule has 5 nitrogen and oxygen atoms in total. The minimum Gasteiger partial charge on any atom is -0.489 e. The van der Waals surface area contributed by atoms with Crippen LogP contribution in [0.2, 0.25) is 0 Å². The Morgan fingerprint density at radius 3 is 2.48 bits per heavy atom. The largest absolute Gasteiger partial charge is 0.489 e. The summed E-state index contributed by atoms with van der Waals surface area (Å²) < 4.78 is 5.92. The van der Waals surface area contributed by atoms with Crippen molar-refractivity contribution in [2.24, 2.45) is 0 Å². The smallest absolute Gasteiger partial charge is 0.261 e. The summed E-state index contributed by atoms with van der Waals surface area (Å²) in [5, 5.41) is 3.63. The lowest BCUT2D eigenvalue weighted by Gasteiger charge is -2.12. The normalized spacial score (nSPS) is 10.6. The fourth-order valence-corrected chi connectivity index (χ4v) is 3.11. The lowest BCUT2D eigenvalue weighted by molar-refractivity contribution is 0.0949. The molecule has 0 aliphatic rings. The van der Waals surface area contributed by atoms with Crippen molar-refractivity contribution in [3.8, 4) is 5.75 Å². The minimum atomic E-state index is -0.421. The average Bonchev–Trinajstić information content (AvgIpc) is 2.77. The molecule has 0 unspecified atom stereocenters. The van der Waals surface area contributed by atoms with Crippen molar-refractivity contribution in [1.29, 1.82) is 0 Å². The first-order chi connectivity index (χ1) is 14.2. The summed E-state index contributed by atoms with van der Waals surface area (Å²) in [6, 6.07) is 26.4. The van der Waals surface area contributed by atoms with E-state index in [9.17, 15) is 9.59 Å². The summed E-state index contributed by atoms with van der Waals surface area (Å²) >= 11 is 0. The van der Waals surface area contributed by atoms with Crippen molar-refractivity contribution in [3.05, 3.63) is 112 Å². The molecule has 2 N–H and O–H groups in total. The topological polar surface area (TPSA) is 71.2 Å². The lowest BCUT2D eigenvalue weighted by atomic mass is 10.1. The molecule has 0 radical (unpaired) electrons. The van der Waals surface area contributed by atoms with Crippen LogP contribution < -0.4 is 15.6 Å². The van der Waals surface area contributed by atoms with E-state index >= 15 is 0 Å². The molecule has 3 aromatic carbocycles. The van der Waals surface area contributed by atoms with Gasteiger partial charge in [-0.15, -0.1) is 0 Å². The quantitative estimate of drug-likeness (QED) is 0.527. The summed E-state index contributed by atoms with van der Waals surface area (Å²) in [6.45, 7) is 0.701. The number of benzene rings is 3. The Hall–Kier alpha value is -3.86. The maximum absolute atomic E-state index is 12.6. The Morgan fingerprint density at radius 1 is 0.897 bits per heavy atom. The first-order valence-corrected chi connectivity index (χ1v) is 9.35. The zero-order valence-electron chi connectivity index (χ0n) is 15.7. The number of pyridine rings is 1. The first-order valence-electron chi connectivity index (χ1n) is 9.35. The van der Waals surface area contributed by atoms with Crippen LogP contribution >= 0.6 is 0 Å². The summed E-state index contributed by atoms with van der Waals surface area (Å²) in [5.41, 5.74) is 2.29. The summed E-state index contributed by atoms with van der Waals surface area (Å²) in [5.74, 6) is 0.277. The van der Waals surface area contributed by atoms with Crippen molar-refractivity contribution >= 4 is 16.8 Å². The number of rotatable bonds is 6. The van der Waals surface area contributed by atoms with Gasteiger partial charge in [0.15, 0.2) is 0 Å². The van der Waals surface area contributed by atoms with Crippen LogP contribution in [0, 0.1) is 0 Å². The molecule has 0 atom stereocenters. The molecule has 29 heavy (non-hydrogen) atoms. The molecule has 0 aliphatic carbocycles. The Kier molecular flexibility index (Phi) is 5.38. The molecule has 4 rings (SSSR count). The van der Waals surface area contributed by atoms with Gasteiger partial charge in [-0.05, 0) is 29.1 Å². The number of carbonyl (C=O) groups is 1. The number of carbonyl (C=O) groups excluding carboxylic acids is 1. The molecule has 0 bridgehead atoms. The van der Waals surface area contributed by atoms with Crippen LogP contribution in [-0.2, 0) is 13.2 Å². The molecular weight excluding hydrogens is 364 g/mol. The highest BCUT2D eigenvalue weighted by atomic mass is 16.5. The second-order valence-corrected chi connectivity index (χ2v) is 6.66. The van der Waals surface area contributed by atoms with Crippen LogP contribution in [-0.4, -0.2) is 10.9 Å². The van der Waals surface area contributed by atoms with Crippen molar-refractivity contribution in [3.63, 3.8) is 0 Å². The van der Waals surface area contributed by atoms with Crippen molar-refractivity contribution in [2.45, 2.75) is 13.2 Å². The number of H-pyrrole nitrogens is 1. The fraction of sp³-hybridized carbons (Fsp3) is 0.0833. The number of hydrogen-bond donors (Lipinski definition) is 2. The van der Waals surface area contributed by atoms with Gasteiger partial charge < -0.3 is 15.0 Å². The first kappa shape index (κ1) is 18.5. The van der Waals surface area contributed by atoms with Crippen LogP contribution in [0.5, 0.6) is 5.75 Å². The van der Waals surface area contributed by atoms with Crippen LogP contribution in [0.25, 0.3) is 10.9 Å². The fourth-order valence-electron chi connectivity index (χ4n) is 3.11. The summed E-state index contributed by atoms with van der Waals surface area (Å²) in [7, 11) is 0. The molecule has 1 heterocycles. The van der Waals surface area contributed by atoms with Gasteiger partial charge >= 0.3 is 0 Å². The number of nitrogens with one attached hydrogen (secondary N) is 2. The molecule has 0 aliphatic heterocycles. The number of amides is 1. The third-order valence-corrected chi connectivity index (χ3v) is 4.65. The highest BCUT2D eigenvalue weighted by Gasteiger charge is 2.13. The monoisotopic (exact) mass is 384 g/mol. The van der Waals surface area contributed by atoms with Crippen LogP contribution in [0.15, 0.2) is 89.7 Å². The molecule has 144 valence electrons. The molecule has 4 aromatic rings. The van der Waals surface area contributed by atoms with E-state index in [0.29, 0.717) is 17.9 Å². The van der Waals surface area contributed by atoms with Gasteiger partial charge in [0, 0.05) is 17.6 Å². The van der Waals surface area contributed by atoms with Gasteiger partial charge in [-0.25, -0.2) is 0 Å². The molecule has 5 heteroatoms. The van der Waals surface area contributed by atoms with Gasteiger partial charge in [0.05, 0.1) is 0 Å². The Bertz CT molecular complexity index is 1200. The zero-order valence-corrected chi connectivity index (χ0v) is 15.7. The van der Waals surface area contributed by atoms with Crippen LogP contribution in [0.3, 0.4) is 0 Å². The van der Waals surface area contributed by atoms with Crippen molar-refractivity contribution < 1.29 is 9.53 Å². The molecule has 1 aromatic heterocycles. The van der Waals surface area contributed by atoms with Gasteiger partial charge in [-0.3, -0.25) is 9.59 Å². The SMILES string of the molecule is O=C(NCc1ccccc1OCc1ccccc1)c1cc2ccccc2[nH]c1=O. The zero-order chi connectivity index (χ0) is 20.1. The number of fused-ring (bicyclic) bond motifs is 1. The molecular formula is C24H20N2O3. The van der Waals surface area contributed by atoms with Crippen molar-refractivity contribution in [2.75, 3.05) is 0 Å². The number of ether oxygens (including phenoxy) is 1. The summed E-state index contributed by atoms with van der Waals surface area (Å²) in [6.07, 6.45) is 0. The number of hydrogen-bond acceptors (Lipinski definition) is 3. The second kappa shape index (κ2) is 8.44. The molecule has 1 amide bonds. The highest BCUT2D eigenvalue weighted by Crippen LogP contribution is 2.19. The second-order valence-electron chi connectivity index (χ2n) is 6.66. The van der Waals surface area contributed by atoms with Crippen molar-refractivity contribution in [1.82, 2.24) is 10.3 Å². The third kappa shape index (κ3) is 4.35. The van der Waals surface area contributed by atoms with E-state index in [1.807, 2.05) is 72.8 Å². The Labute approximate surface area is 168 Å². The summed E-state index contributed by atoms with van der Waals surface area (Å²) in [4.78, 5) is 27.6. The van der Waals surface area contributed by atoms with Gasteiger partial charge in [-0.2, -0.15) is 0 Å². The number of aromatic nitrogens is 1. The molecule has 0 fully saturated rings. The van der Waals surface area contributed by atoms with E-state index in [4.69, 9.17) is 4.74 Å². The predicted octanol–water partition coefficient (Wildman–Crippen LogP) is 4.04. The van der Waals surface area contributed by atoms with Gasteiger partial charge in [0.2, 0.25) is 0 Å². The number of aromatic amines is 1.